The summed E-state index contributed by atoms with van der Waals surface area (Å²) in [6.45, 7) is 5.25. The highest BCUT2D eigenvalue weighted by atomic mass is 32.2. The summed E-state index contributed by atoms with van der Waals surface area (Å²) >= 11 is 0. The van der Waals surface area contributed by atoms with Gasteiger partial charge < -0.3 is 19.1 Å². The largest absolute Gasteiger partial charge is 0.497 e. The molecule has 4 rings (SSSR count). The molecule has 9 heteroatoms. The van der Waals surface area contributed by atoms with Crippen molar-refractivity contribution < 1.29 is 17.9 Å². The molecule has 8 nitrogen and oxygen atoms in total. The molecule has 168 valence electrons. The van der Waals surface area contributed by atoms with E-state index in [-0.39, 0.29) is 10.8 Å². The Kier molecular flexibility index (Phi) is 5.98. The van der Waals surface area contributed by atoms with E-state index in [0.29, 0.717) is 37.6 Å². The highest BCUT2D eigenvalue weighted by Crippen LogP contribution is 2.27. The van der Waals surface area contributed by atoms with Crippen LogP contribution in [-0.2, 0) is 17.1 Å². The van der Waals surface area contributed by atoms with E-state index in [0.717, 1.165) is 37.4 Å². The summed E-state index contributed by atoms with van der Waals surface area (Å²) in [4.78, 5) is 17.1. The lowest BCUT2D eigenvalue weighted by Gasteiger charge is -2.35. The number of carbonyl (C=O) groups excluding carboxylic acids is 1. The second-order valence-electron chi connectivity index (χ2n) is 8.13. The second-order valence-corrected chi connectivity index (χ2v) is 10.0. The van der Waals surface area contributed by atoms with Crippen molar-refractivity contribution >= 4 is 21.6 Å². The molecule has 0 N–H and O–H groups in total. The molecule has 2 aromatic rings. The maximum Gasteiger partial charge on any atom is 0.270 e. The minimum atomic E-state index is -3.67. The van der Waals surface area contributed by atoms with Crippen LogP contribution in [0.25, 0.3) is 0 Å². The predicted molar refractivity (Wildman–Crippen MR) is 119 cm³/mol. The van der Waals surface area contributed by atoms with Crippen LogP contribution in [0.1, 0.15) is 29.0 Å². The van der Waals surface area contributed by atoms with Gasteiger partial charge >= 0.3 is 0 Å². The third-order valence-corrected chi connectivity index (χ3v) is 8.41. The molecule has 0 radical (unpaired) electrons. The lowest BCUT2D eigenvalue weighted by molar-refractivity contribution is 0.0783. The van der Waals surface area contributed by atoms with Gasteiger partial charge in [0.25, 0.3) is 5.91 Å². The van der Waals surface area contributed by atoms with Gasteiger partial charge in [-0.15, -0.1) is 0 Å². The van der Waals surface area contributed by atoms with Gasteiger partial charge in [0.05, 0.1) is 7.11 Å². The number of nitrogens with zero attached hydrogens (tertiary/aromatic N) is 4. The van der Waals surface area contributed by atoms with Crippen LogP contribution in [0.15, 0.2) is 35.2 Å². The van der Waals surface area contributed by atoms with Crippen LogP contribution in [0.5, 0.6) is 5.75 Å². The molecule has 0 saturated carbocycles. The van der Waals surface area contributed by atoms with Gasteiger partial charge in [0.2, 0.25) is 10.0 Å². The van der Waals surface area contributed by atoms with Gasteiger partial charge in [0.1, 0.15) is 16.3 Å². The summed E-state index contributed by atoms with van der Waals surface area (Å²) in [7, 11) is -0.276. The van der Waals surface area contributed by atoms with Gasteiger partial charge in [0, 0.05) is 57.7 Å². The zero-order chi connectivity index (χ0) is 22.2. The molecule has 0 bridgehead atoms. The summed E-state index contributed by atoms with van der Waals surface area (Å²) in [5.74, 6) is 0.706. The number of likely N-dealkylation sites (tertiary alicyclic amines) is 1. The average Bonchev–Trinajstić information content (AvgIpc) is 3.43. The highest BCUT2D eigenvalue weighted by Gasteiger charge is 2.33. The molecule has 0 spiro atoms. The van der Waals surface area contributed by atoms with Crippen molar-refractivity contribution in [2.45, 2.75) is 24.7 Å². The Morgan fingerprint density at radius 1 is 0.968 bits per heavy atom. The van der Waals surface area contributed by atoms with Gasteiger partial charge in [-0.05, 0) is 50.1 Å². The Morgan fingerprint density at radius 2 is 1.58 bits per heavy atom. The number of piperazine rings is 1. The zero-order valence-electron chi connectivity index (χ0n) is 18.4. The molecule has 2 aliphatic rings. The van der Waals surface area contributed by atoms with Gasteiger partial charge in [-0.2, -0.15) is 4.31 Å². The predicted octanol–water partition coefficient (Wildman–Crippen LogP) is 2.09. The van der Waals surface area contributed by atoms with Crippen molar-refractivity contribution in [2.24, 2.45) is 7.05 Å². The minimum absolute atomic E-state index is 0.0890. The summed E-state index contributed by atoms with van der Waals surface area (Å²) in [5.41, 5.74) is 2.09. The van der Waals surface area contributed by atoms with Gasteiger partial charge in [-0.3, -0.25) is 4.79 Å². The molecule has 1 amide bonds. The number of carbonyl (C=O) groups is 1. The van der Waals surface area contributed by atoms with E-state index in [4.69, 9.17) is 4.74 Å². The number of hydrogen-bond donors (Lipinski definition) is 0. The third kappa shape index (κ3) is 4.04. The molecule has 0 unspecified atom stereocenters. The van der Waals surface area contributed by atoms with Crippen molar-refractivity contribution in [3.05, 3.63) is 41.7 Å². The average molecular weight is 447 g/mol. The SMILES string of the molecule is COc1ccc(N2CCN(S(=O)(=O)c3cc(C(=O)N4CCCC4)n(C)c3C)CC2)cc1. The standard InChI is InChI=1S/C22H30N4O4S/c1-17-21(16-20(23(17)2)22(27)25-10-4-5-11-25)31(28,29)26-14-12-24(13-15-26)18-6-8-19(30-3)9-7-18/h6-9,16H,4-5,10-15H2,1-3H3. The maximum absolute atomic E-state index is 13.4. The fourth-order valence-electron chi connectivity index (χ4n) is 4.34. The normalized spacial score (nSPS) is 17.9. The van der Waals surface area contributed by atoms with Crippen LogP contribution in [0, 0.1) is 6.92 Å². The third-order valence-electron chi connectivity index (χ3n) is 6.40. The topological polar surface area (TPSA) is 75.1 Å². The zero-order valence-corrected chi connectivity index (χ0v) is 19.2. The number of sulfonamides is 1. The molecule has 2 fully saturated rings. The van der Waals surface area contributed by atoms with Crippen LogP contribution >= 0.6 is 0 Å². The Hall–Kier alpha value is -2.52. The molecule has 1 aromatic heterocycles. The summed E-state index contributed by atoms with van der Waals surface area (Å²) in [5, 5.41) is 0. The van der Waals surface area contributed by atoms with Gasteiger partial charge in [0.15, 0.2) is 0 Å². The maximum atomic E-state index is 13.4. The van der Waals surface area contributed by atoms with Crippen molar-refractivity contribution in [3.8, 4) is 5.75 Å². The van der Waals surface area contributed by atoms with Crippen molar-refractivity contribution in [1.29, 1.82) is 0 Å². The molecule has 2 aliphatic heterocycles. The molecular weight excluding hydrogens is 416 g/mol. The van der Waals surface area contributed by atoms with E-state index >= 15 is 0 Å². The van der Waals surface area contributed by atoms with E-state index in [9.17, 15) is 13.2 Å². The van der Waals surface area contributed by atoms with E-state index in [1.807, 2.05) is 24.3 Å². The van der Waals surface area contributed by atoms with E-state index in [1.165, 1.54) is 4.31 Å². The molecule has 0 aliphatic carbocycles. The number of hydrogen-bond acceptors (Lipinski definition) is 5. The molecule has 31 heavy (non-hydrogen) atoms. The Bertz CT molecular complexity index is 1050. The van der Waals surface area contributed by atoms with E-state index in [2.05, 4.69) is 4.90 Å². The smallest absolute Gasteiger partial charge is 0.270 e. The summed E-state index contributed by atoms with van der Waals surface area (Å²) in [6, 6.07) is 9.34. The van der Waals surface area contributed by atoms with Gasteiger partial charge in [-0.25, -0.2) is 8.42 Å². The molecule has 3 heterocycles. The van der Waals surface area contributed by atoms with Crippen LogP contribution in [0.3, 0.4) is 0 Å². The molecule has 2 saturated heterocycles. The van der Waals surface area contributed by atoms with E-state index in [1.54, 1.807) is 36.6 Å². The van der Waals surface area contributed by atoms with Crippen LogP contribution in [-0.4, -0.2) is 74.5 Å². The van der Waals surface area contributed by atoms with Crippen molar-refractivity contribution in [1.82, 2.24) is 13.8 Å². The Morgan fingerprint density at radius 3 is 2.16 bits per heavy atom. The first-order valence-corrected chi connectivity index (χ1v) is 12.1. The molecular formula is C22H30N4O4S. The number of ether oxygens (including phenoxy) is 1. The number of amides is 1. The lowest BCUT2D eigenvalue weighted by Crippen LogP contribution is -2.48. The molecule has 1 aromatic carbocycles. The molecule has 0 atom stereocenters. The van der Waals surface area contributed by atoms with E-state index < -0.39 is 10.0 Å². The fourth-order valence-corrected chi connectivity index (χ4v) is 6.03. The van der Waals surface area contributed by atoms with Crippen LogP contribution in [0.4, 0.5) is 5.69 Å². The van der Waals surface area contributed by atoms with Gasteiger partial charge in [-0.1, -0.05) is 0 Å². The van der Waals surface area contributed by atoms with Crippen molar-refractivity contribution in [2.75, 3.05) is 51.3 Å². The number of benzene rings is 1. The minimum Gasteiger partial charge on any atom is -0.497 e. The first-order valence-electron chi connectivity index (χ1n) is 10.7. The first-order chi connectivity index (χ1) is 14.8. The fraction of sp³-hybridized carbons (Fsp3) is 0.500. The van der Waals surface area contributed by atoms with Crippen molar-refractivity contribution in [3.63, 3.8) is 0 Å². The monoisotopic (exact) mass is 446 g/mol. The number of methoxy groups -OCH3 is 1. The quantitative estimate of drug-likeness (QED) is 0.703. The number of anilines is 1. The first kappa shape index (κ1) is 21.7. The van der Waals surface area contributed by atoms with Crippen LogP contribution < -0.4 is 9.64 Å². The number of aromatic nitrogens is 1. The lowest BCUT2D eigenvalue weighted by atomic mass is 10.2. The second kappa shape index (κ2) is 8.55. The summed E-state index contributed by atoms with van der Waals surface area (Å²) < 4.78 is 35.2. The number of rotatable bonds is 5. The Labute approximate surface area is 184 Å². The summed E-state index contributed by atoms with van der Waals surface area (Å²) in [6.07, 6.45) is 2.00. The van der Waals surface area contributed by atoms with Crippen LogP contribution in [0.2, 0.25) is 0 Å². The highest BCUT2D eigenvalue weighted by molar-refractivity contribution is 7.89. The Balaban J connectivity index is 1.50.